The molecule has 158 valence electrons. The molecule has 0 saturated carbocycles. The number of carbonyl (C=O) groups is 1. The lowest BCUT2D eigenvalue weighted by Crippen LogP contribution is -2.45. The zero-order valence-electron chi connectivity index (χ0n) is 17.0. The lowest BCUT2D eigenvalue weighted by atomic mass is 9.98. The Balaban J connectivity index is 1.64. The fourth-order valence-electron chi connectivity index (χ4n) is 3.46. The number of nitrogens with zero attached hydrogens (tertiary/aromatic N) is 1. The molecule has 1 aromatic heterocycles. The van der Waals surface area contributed by atoms with Gasteiger partial charge in [0, 0.05) is 13.1 Å². The van der Waals surface area contributed by atoms with Gasteiger partial charge in [0.25, 0.3) is 10.0 Å². The van der Waals surface area contributed by atoms with E-state index in [0.717, 1.165) is 11.3 Å². The number of piperidine rings is 1. The molecule has 0 bridgehead atoms. The predicted molar refractivity (Wildman–Crippen MR) is 115 cm³/mol. The third-order valence-corrected chi connectivity index (χ3v) is 8.17. The van der Waals surface area contributed by atoms with Crippen LogP contribution in [0, 0.1) is 5.92 Å². The minimum Gasteiger partial charge on any atom is -0.491 e. The number of sulfonamides is 1. The van der Waals surface area contributed by atoms with Crippen molar-refractivity contribution in [1.82, 2.24) is 9.62 Å². The summed E-state index contributed by atoms with van der Waals surface area (Å²) in [5.41, 5.74) is 0.954. The number of rotatable bonds is 7. The molecule has 2 unspecified atom stereocenters. The van der Waals surface area contributed by atoms with Crippen LogP contribution in [0.5, 0.6) is 5.75 Å². The average Bonchev–Trinajstić information content (AvgIpc) is 3.23. The van der Waals surface area contributed by atoms with E-state index >= 15 is 0 Å². The Morgan fingerprint density at radius 1 is 1.24 bits per heavy atom. The van der Waals surface area contributed by atoms with Crippen LogP contribution in [0.3, 0.4) is 0 Å². The summed E-state index contributed by atoms with van der Waals surface area (Å²) in [6, 6.07) is 10.8. The van der Waals surface area contributed by atoms with Crippen molar-refractivity contribution in [2.45, 2.75) is 50.0 Å². The van der Waals surface area contributed by atoms with Gasteiger partial charge >= 0.3 is 0 Å². The summed E-state index contributed by atoms with van der Waals surface area (Å²) in [6.07, 6.45) is 1.44. The Labute approximate surface area is 176 Å². The molecule has 1 aliphatic rings. The molecule has 1 amide bonds. The van der Waals surface area contributed by atoms with Gasteiger partial charge in [-0.3, -0.25) is 4.79 Å². The monoisotopic (exact) mass is 436 g/mol. The minimum atomic E-state index is -3.53. The highest BCUT2D eigenvalue weighted by atomic mass is 32.2. The van der Waals surface area contributed by atoms with Crippen molar-refractivity contribution in [1.29, 1.82) is 0 Å². The molecule has 1 fully saturated rings. The van der Waals surface area contributed by atoms with Gasteiger partial charge in [-0.1, -0.05) is 18.2 Å². The van der Waals surface area contributed by atoms with Gasteiger partial charge in [-0.2, -0.15) is 4.31 Å². The van der Waals surface area contributed by atoms with E-state index < -0.39 is 10.0 Å². The van der Waals surface area contributed by atoms with Crippen LogP contribution in [0.2, 0.25) is 0 Å². The molecule has 0 spiro atoms. The van der Waals surface area contributed by atoms with Gasteiger partial charge in [-0.05, 0) is 62.8 Å². The summed E-state index contributed by atoms with van der Waals surface area (Å²) in [4.78, 5) is 12.8. The summed E-state index contributed by atoms with van der Waals surface area (Å²) < 4.78 is 33.0. The summed E-state index contributed by atoms with van der Waals surface area (Å²) in [7, 11) is -3.53. The summed E-state index contributed by atoms with van der Waals surface area (Å²) in [6.45, 7) is 6.53. The fourth-order valence-corrected chi connectivity index (χ4v) is 6.12. The topological polar surface area (TPSA) is 75.7 Å². The molecule has 2 atom stereocenters. The minimum absolute atomic E-state index is 0.0775. The van der Waals surface area contributed by atoms with Crippen LogP contribution in [0.25, 0.3) is 0 Å². The fraction of sp³-hybridized carbons (Fsp3) is 0.476. The highest BCUT2D eigenvalue weighted by Crippen LogP contribution is 2.27. The molecule has 1 N–H and O–H groups in total. The average molecular weight is 437 g/mol. The van der Waals surface area contributed by atoms with Crippen molar-refractivity contribution in [3.8, 4) is 5.75 Å². The Morgan fingerprint density at radius 2 is 2.03 bits per heavy atom. The van der Waals surface area contributed by atoms with Gasteiger partial charge in [-0.25, -0.2) is 8.42 Å². The van der Waals surface area contributed by atoms with Crippen LogP contribution in [-0.4, -0.2) is 37.8 Å². The van der Waals surface area contributed by atoms with Crippen molar-refractivity contribution in [3.05, 3.63) is 47.3 Å². The molecule has 3 rings (SSSR count). The van der Waals surface area contributed by atoms with Gasteiger partial charge in [0.1, 0.15) is 9.96 Å². The molecule has 0 radical (unpaired) electrons. The first kappa shape index (κ1) is 21.8. The van der Waals surface area contributed by atoms with E-state index in [-0.39, 0.29) is 30.5 Å². The molecule has 2 aromatic rings. The second-order valence-corrected chi connectivity index (χ2v) is 10.7. The van der Waals surface area contributed by atoms with Crippen molar-refractivity contribution in [3.63, 3.8) is 0 Å². The highest BCUT2D eigenvalue weighted by Gasteiger charge is 2.34. The van der Waals surface area contributed by atoms with Crippen LogP contribution in [0.1, 0.15) is 45.2 Å². The van der Waals surface area contributed by atoms with Crippen LogP contribution in [0.15, 0.2) is 46.0 Å². The largest absolute Gasteiger partial charge is 0.491 e. The third-order valence-electron chi connectivity index (χ3n) is 4.93. The highest BCUT2D eigenvalue weighted by molar-refractivity contribution is 7.91. The molecule has 2 heterocycles. The SMILES string of the molecule is CC(C)Oc1cccc(C(C)NC(=O)C2CCCN(S(=O)(=O)c3cccs3)C2)c1. The van der Waals surface area contributed by atoms with Gasteiger partial charge < -0.3 is 10.1 Å². The number of hydrogen-bond donors (Lipinski definition) is 1. The normalized spacial score (nSPS) is 19.1. The molecular weight excluding hydrogens is 408 g/mol. The maximum Gasteiger partial charge on any atom is 0.252 e. The van der Waals surface area contributed by atoms with Gasteiger partial charge in [0.2, 0.25) is 5.91 Å². The zero-order valence-corrected chi connectivity index (χ0v) is 18.6. The van der Waals surface area contributed by atoms with Crippen molar-refractivity contribution in [2.24, 2.45) is 5.92 Å². The summed E-state index contributed by atoms with van der Waals surface area (Å²) in [5, 5.41) is 4.79. The molecular formula is C21H28N2O4S2. The lowest BCUT2D eigenvalue weighted by Gasteiger charge is -2.31. The van der Waals surface area contributed by atoms with Crippen LogP contribution >= 0.6 is 11.3 Å². The summed E-state index contributed by atoms with van der Waals surface area (Å²) in [5.74, 6) is 0.305. The second kappa shape index (κ2) is 9.28. The predicted octanol–water partition coefficient (Wildman–Crippen LogP) is 3.81. The second-order valence-electron chi connectivity index (χ2n) is 7.60. The van der Waals surface area contributed by atoms with Crippen molar-refractivity contribution >= 4 is 27.3 Å². The Bertz CT molecular complexity index is 926. The molecule has 6 nitrogen and oxygen atoms in total. The number of thiophene rings is 1. The standard InChI is InChI=1S/C21H28N2O4S2/c1-15(2)27-19-9-4-7-17(13-19)16(3)22-21(24)18-8-5-11-23(14-18)29(25,26)20-10-6-12-28-20/h4,6-7,9-10,12-13,15-16,18H,5,8,11,14H2,1-3H3,(H,22,24). The van der Waals surface area contributed by atoms with Crippen LogP contribution < -0.4 is 10.1 Å². The smallest absolute Gasteiger partial charge is 0.252 e. The number of ether oxygens (including phenoxy) is 1. The Hall–Kier alpha value is -1.90. The number of hydrogen-bond acceptors (Lipinski definition) is 5. The van der Waals surface area contributed by atoms with Crippen molar-refractivity contribution < 1.29 is 17.9 Å². The molecule has 8 heteroatoms. The maximum atomic E-state index is 12.8. The number of nitrogens with one attached hydrogen (secondary N) is 1. The van der Waals surface area contributed by atoms with Crippen molar-refractivity contribution in [2.75, 3.05) is 13.1 Å². The molecule has 0 aliphatic carbocycles. The van der Waals surface area contributed by atoms with Gasteiger partial charge in [0.05, 0.1) is 18.1 Å². The number of benzene rings is 1. The van der Waals surface area contributed by atoms with E-state index in [0.29, 0.717) is 23.6 Å². The quantitative estimate of drug-likeness (QED) is 0.716. The Kier molecular flexibility index (Phi) is 6.97. The van der Waals surface area contributed by atoms with E-state index in [2.05, 4.69) is 5.32 Å². The van der Waals surface area contributed by atoms with E-state index in [9.17, 15) is 13.2 Å². The Morgan fingerprint density at radius 3 is 2.72 bits per heavy atom. The van der Waals surface area contributed by atoms with Gasteiger partial charge in [-0.15, -0.1) is 11.3 Å². The first-order valence-corrected chi connectivity index (χ1v) is 12.2. The van der Waals surface area contributed by atoms with Crippen LogP contribution in [0.4, 0.5) is 0 Å². The zero-order chi connectivity index (χ0) is 21.0. The molecule has 1 saturated heterocycles. The first-order valence-electron chi connectivity index (χ1n) is 9.88. The molecule has 1 aliphatic heterocycles. The van der Waals surface area contributed by atoms with Gasteiger partial charge in [0.15, 0.2) is 0 Å². The van der Waals surface area contributed by atoms with E-state index in [4.69, 9.17) is 4.74 Å². The molecule has 1 aromatic carbocycles. The first-order chi connectivity index (χ1) is 13.8. The van der Waals surface area contributed by atoms with E-state index in [1.54, 1.807) is 17.5 Å². The van der Waals surface area contributed by atoms with E-state index in [1.165, 1.54) is 15.6 Å². The number of carbonyl (C=O) groups excluding carboxylic acids is 1. The maximum absolute atomic E-state index is 12.8. The summed E-state index contributed by atoms with van der Waals surface area (Å²) >= 11 is 1.20. The van der Waals surface area contributed by atoms with Crippen LogP contribution in [-0.2, 0) is 14.8 Å². The van der Waals surface area contributed by atoms with E-state index in [1.807, 2.05) is 45.0 Å². The lowest BCUT2D eigenvalue weighted by molar-refractivity contribution is -0.126. The third kappa shape index (κ3) is 5.38. The molecule has 29 heavy (non-hydrogen) atoms. The number of amides is 1.